The van der Waals surface area contributed by atoms with Crippen LogP contribution in [0.15, 0.2) is 24.3 Å². The number of hydrogen-bond acceptors (Lipinski definition) is 3. The maximum Gasteiger partial charge on any atom is 0.227 e. The second-order valence-electron chi connectivity index (χ2n) is 4.10. The average molecular weight is 235 g/mol. The Morgan fingerprint density at radius 1 is 1.47 bits per heavy atom. The summed E-state index contributed by atoms with van der Waals surface area (Å²) in [6.07, 6.45) is 0.496. The summed E-state index contributed by atoms with van der Waals surface area (Å²) >= 11 is 0. The van der Waals surface area contributed by atoms with Gasteiger partial charge >= 0.3 is 0 Å². The van der Waals surface area contributed by atoms with Crippen molar-refractivity contribution in [3.8, 4) is 5.75 Å². The van der Waals surface area contributed by atoms with Gasteiger partial charge in [-0.1, -0.05) is 12.1 Å². The number of nitrogens with zero attached hydrogens (tertiary/aromatic N) is 1. The van der Waals surface area contributed by atoms with Crippen molar-refractivity contribution in [2.75, 3.05) is 18.1 Å². The first-order valence-electron chi connectivity index (χ1n) is 5.92. The standard InChI is InChI=1S/C13H17NO3/c1-2-17-12-6-4-3-5-11(12)14-9-10(15)7-8-13(14)16/h3-6,10,15H,2,7-9H2,1H3. The van der Waals surface area contributed by atoms with E-state index >= 15 is 0 Å². The summed E-state index contributed by atoms with van der Waals surface area (Å²) in [6, 6.07) is 7.43. The summed E-state index contributed by atoms with van der Waals surface area (Å²) in [5.41, 5.74) is 0.748. The van der Waals surface area contributed by atoms with Gasteiger partial charge in [-0.15, -0.1) is 0 Å². The van der Waals surface area contributed by atoms with E-state index in [9.17, 15) is 9.90 Å². The van der Waals surface area contributed by atoms with E-state index in [-0.39, 0.29) is 5.91 Å². The molecule has 1 aromatic rings. The second-order valence-corrected chi connectivity index (χ2v) is 4.10. The van der Waals surface area contributed by atoms with Crippen LogP contribution in [-0.2, 0) is 4.79 Å². The van der Waals surface area contributed by atoms with Gasteiger partial charge in [-0.3, -0.25) is 4.79 Å². The van der Waals surface area contributed by atoms with Crippen LogP contribution in [0.5, 0.6) is 5.75 Å². The summed E-state index contributed by atoms with van der Waals surface area (Å²) in [5.74, 6) is 0.736. The Morgan fingerprint density at radius 3 is 3.00 bits per heavy atom. The molecule has 0 bridgehead atoms. The number of piperidine rings is 1. The molecule has 1 amide bonds. The molecule has 0 aliphatic carbocycles. The number of benzene rings is 1. The third-order valence-electron chi connectivity index (χ3n) is 2.84. The lowest BCUT2D eigenvalue weighted by Crippen LogP contribution is -2.42. The smallest absolute Gasteiger partial charge is 0.227 e. The zero-order chi connectivity index (χ0) is 12.3. The number of para-hydroxylation sites is 2. The fourth-order valence-corrected chi connectivity index (χ4v) is 2.02. The summed E-state index contributed by atoms with van der Waals surface area (Å²) in [7, 11) is 0. The van der Waals surface area contributed by atoms with Crippen LogP contribution in [0.2, 0.25) is 0 Å². The van der Waals surface area contributed by atoms with Gasteiger partial charge in [-0.05, 0) is 25.5 Å². The molecule has 1 aliphatic heterocycles. The molecular formula is C13H17NO3. The van der Waals surface area contributed by atoms with Gasteiger partial charge in [0, 0.05) is 6.42 Å². The van der Waals surface area contributed by atoms with Gasteiger partial charge in [-0.2, -0.15) is 0 Å². The normalized spacial score (nSPS) is 20.5. The van der Waals surface area contributed by atoms with Crippen LogP contribution in [-0.4, -0.2) is 30.3 Å². The predicted octanol–water partition coefficient (Wildman–Crippen LogP) is 1.57. The summed E-state index contributed by atoms with van der Waals surface area (Å²) in [4.78, 5) is 13.5. The monoisotopic (exact) mass is 235 g/mol. The SMILES string of the molecule is CCOc1ccccc1N1CC(O)CCC1=O. The minimum absolute atomic E-state index is 0.0439. The molecule has 0 spiro atoms. The van der Waals surface area contributed by atoms with Crippen molar-refractivity contribution in [1.82, 2.24) is 0 Å². The molecule has 4 nitrogen and oxygen atoms in total. The highest BCUT2D eigenvalue weighted by atomic mass is 16.5. The molecule has 4 heteroatoms. The number of amides is 1. The Labute approximate surface area is 101 Å². The number of β-amino-alcohol motifs (C(OH)–C–C–N with tert-alkyl or cyclic N) is 1. The van der Waals surface area contributed by atoms with Crippen molar-refractivity contribution in [3.63, 3.8) is 0 Å². The molecule has 1 fully saturated rings. The maximum atomic E-state index is 11.9. The van der Waals surface area contributed by atoms with Crippen molar-refractivity contribution >= 4 is 11.6 Å². The van der Waals surface area contributed by atoms with Crippen LogP contribution in [0.25, 0.3) is 0 Å². The van der Waals surface area contributed by atoms with Crippen LogP contribution in [0.1, 0.15) is 19.8 Å². The van der Waals surface area contributed by atoms with E-state index in [0.717, 1.165) is 5.69 Å². The molecule has 1 N–H and O–H groups in total. The van der Waals surface area contributed by atoms with Gasteiger partial charge in [0.05, 0.1) is 24.9 Å². The third-order valence-corrected chi connectivity index (χ3v) is 2.84. The average Bonchev–Trinajstić information content (AvgIpc) is 2.34. The second kappa shape index (κ2) is 5.19. The van der Waals surface area contributed by atoms with Gasteiger partial charge in [0.15, 0.2) is 0 Å². The number of rotatable bonds is 3. The molecule has 0 radical (unpaired) electrons. The van der Waals surface area contributed by atoms with E-state index in [0.29, 0.717) is 31.7 Å². The maximum absolute atomic E-state index is 11.9. The van der Waals surface area contributed by atoms with E-state index in [4.69, 9.17) is 4.74 Å². The lowest BCUT2D eigenvalue weighted by Gasteiger charge is -2.31. The summed E-state index contributed by atoms with van der Waals surface area (Å²) in [5, 5.41) is 9.64. The number of carbonyl (C=O) groups excluding carboxylic acids is 1. The van der Waals surface area contributed by atoms with E-state index in [2.05, 4.69) is 0 Å². The number of ether oxygens (including phenoxy) is 1. The van der Waals surface area contributed by atoms with Crippen molar-refractivity contribution in [1.29, 1.82) is 0 Å². The minimum atomic E-state index is -0.442. The van der Waals surface area contributed by atoms with Gasteiger partial charge in [0.25, 0.3) is 0 Å². The highest BCUT2D eigenvalue weighted by Gasteiger charge is 2.27. The molecule has 2 rings (SSSR count). The highest BCUT2D eigenvalue weighted by molar-refractivity contribution is 5.95. The Bertz CT molecular complexity index is 405. The van der Waals surface area contributed by atoms with Gasteiger partial charge in [0.1, 0.15) is 5.75 Å². The first-order chi connectivity index (χ1) is 8.22. The predicted molar refractivity (Wildman–Crippen MR) is 65.2 cm³/mol. The Hall–Kier alpha value is -1.55. The quantitative estimate of drug-likeness (QED) is 0.865. The number of carbonyl (C=O) groups is 1. The molecule has 1 saturated heterocycles. The molecule has 1 heterocycles. The van der Waals surface area contributed by atoms with Gasteiger partial charge < -0.3 is 14.7 Å². The lowest BCUT2D eigenvalue weighted by molar-refractivity contribution is -0.121. The van der Waals surface area contributed by atoms with E-state index in [1.54, 1.807) is 4.90 Å². The Balaban J connectivity index is 2.28. The van der Waals surface area contributed by atoms with Crippen molar-refractivity contribution in [2.45, 2.75) is 25.9 Å². The summed E-state index contributed by atoms with van der Waals surface area (Å²) < 4.78 is 5.50. The topological polar surface area (TPSA) is 49.8 Å². The summed E-state index contributed by atoms with van der Waals surface area (Å²) in [6.45, 7) is 2.81. The lowest BCUT2D eigenvalue weighted by atomic mass is 10.1. The fraction of sp³-hybridized carbons (Fsp3) is 0.462. The zero-order valence-corrected chi connectivity index (χ0v) is 9.93. The van der Waals surface area contributed by atoms with Gasteiger partial charge in [0.2, 0.25) is 5.91 Å². The van der Waals surface area contributed by atoms with E-state index in [1.807, 2.05) is 31.2 Å². The number of aliphatic hydroxyl groups excluding tert-OH is 1. The first kappa shape index (κ1) is 11.9. The van der Waals surface area contributed by atoms with Crippen molar-refractivity contribution in [2.24, 2.45) is 0 Å². The molecular weight excluding hydrogens is 218 g/mol. The van der Waals surface area contributed by atoms with E-state index < -0.39 is 6.10 Å². The third kappa shape index (κ3) is 2.58. The van der Waals surface area contributed by atoms with Crippen molar-refractivity contribution < 1.29 is 14.6 Å². The van der Waals surface area contributed by atoms with Crippen LogP contribution in [0, 0.1) is 0 Å². The zero-order valence-electron chi connectivity index (χ0n) is 9.93. The first-order valence-corrected chi connectivity index (χ1v) is 5.92. The molecule has 1 atom stereocenters. The number of aliphatic hydroxyl groups is 1. The molecule has 1 aromatic carbocycles. The highest BCUT2D eigenvalue weighted by Crippen LogP contribution is 2.30. The molecule has 17 heavy (non-hydrogen) atoms. The van der Waals surface area contributed by atoms with Gasteiger partial charge in [-0.25, -0.2) is 0 Å². The van der Waals surface area contributed by atoms with Crippen molar-refractivity contribution in [3.05, 3.63) is 24.3 Å². The minimum Gasteiger partial charge on any atom is -0.492 e. The van der Waals surface area contributed by atoms with Crippen LogP contribution < -0.4 is 9.64 Å². The Morgan fingerprint density at radius 2 is 2.24 bits per heavy atom. The fourth-order valence-electron chi connectivity index (χ4n) is 2.02. The molecule has 1 unspecified atom stereocenters. The molecule has 0 saturated carbocycles. The Kier molecular flexibility index (Phi) is 3.64. The molecule has 92 valence electrons. The largest absolute Gasteiger partial charge is 0.492 e. The molecule has 1 aliphatic rings. The van der Waals surface area contributed by atoms with E-state index in [1.165, 1.54) is 0 Å². The van der Waals surface area contributed by atoms with Crippen LogP contribution >= 0.6 is 0 Å². The van der Waals surface area contributed by atoms with Crippen LogP contribution in [0.4, 0.5) is 5.69 Å². The molecule has 0 aromatic heterocycles. The number of anilines is 1. The number of hydrogen-bond donors (Lipinski definition) is 1. The van der Waals surface area contributed by atoms with Crippen LogP contribution in [0.3, 0.4) is 0 Å².